The van der Waals surface area contributed by atoms with E-state index in [4.69, 9.17) is 14.2 Å². The summed E-state index contributed by atoms with van der Waals surface area (Å²) in [6.07, 6.45) is 5.68. The normalized spacial score (nSPS) is 11.0. The van der Waals surface area contributed by atoms with Crippen LogP contribution in [0.1, 0.15) is 11.3 Å². The van der Waals surface area contributed by atoms with Crippen LogP contribution in [0, 0.1) is 0 Å². The van der Waals surface area contributed by atoms with E-state index >= 15 is 0 Å². The van der Waals surface area contributed by atoms with E-state index in [-0.39, 0.29) is 0 Å². The summed E-state index contributed by atoms with van der Waals surface area (Å²) in [6, 6.07) is 8.44. The van der Waals surface area contributed by atoms with Gasteiger partial charge in [-0.15, -0.1) is 0 Å². The Morgan fingerprint density at radius 3 is 2.36 bits per heavy atom. The first kappa shape index (κ1) is 19.4. The summed E-state index contributed by atoms with van der Waals surface area (Å²) >= 11 is 0. The van der Waals surface area contributed by atoms with Crippen LogP contribution < -0.4 is 5.32 Å². The number of hydrogen-bond acceptors (Lipinski definition) is 5. The van der Waals surface area contributed by atoms with E-state index in [1.54, 1.807) is 7.11 Å². The smallest absolute Gasteiger partial charge is 0.105 e. The summed E-state index contributed by atoms with van der Waals surface area (Å²) < 4.78 is 18.3. The first-order chi connectivity index (χ1) is 12.3. The molecule has 0 spiro atoms. The van der Waals surface area contributed by atoms with Gasteiger partial charge in [0.05, 0.1) is 33.0 Å². The Balaban J connectivity index is 1.76. The van der Waals surface area contributed by atoms with Crippen LogP contribution in [0.4, 0.5) is 5.82 Å². The van der Waals surface area contributed by atoms with E-state index in [2.05, 4.69) is 39.1 Å². The van der Waals surface area contributed by atoms with Gasteiger partial charge in [-0.05, 0) is 42.7 Å². The Kier molecular flexibility index (Phi) is 9.04. The van der Waals surface area contributed by atoms with Crippen molar-refractivity contribution < 1.29 is 14.2 Å². The average Bonchev–Trinajstić information content (AvgIpc) is 3.05. The van der Waals surface area contributed by atoms with Gasteiger partial charge < -0.3 is 24.1 Å². The second kappa shape index (κ2) is 11.6. The number of aromatic nitrogens is 2. The van der Waals surface area contributed by atoms with Gasteiger partial charge in [0.2, 0.25) is 0 Å². The molecule has 0 unspecified atom stereocenters. The molecule has 0 bridgehead atoms. The third-order valence-corrected chi connectivity index (χ3v) is 4.01. The molecule has 2 heterocycles. The van der Waals surface area contributed by atoms with Crippen molar-refractivity contribution in [1.29, 1.82) is 0 Å². The predicted molar refractivity (Wildman–Crippen MR) is 99.1 cm³/mol. The molecule has 0 fully saturated rings. The average molecular weight is 347 g/mol. The zero-order valence-corrected chi connectivity index (χ0v) is 15.2. The van der Waals surface area contributed by atoms with E-state index in [1.165, 1.54) is 11.3 Å². The minimum Gasteiger partial charge on any atom is -0.382 e. The quantitative estimate of drug-likeness (QED) is 0.564. The van der Waals surface area contributed by atoms with Crippen molar-refractivity contribution in [2.75, 3.05) is 52.5 Å². The van der Waals surface area contributed by atoms with Gasteiger partial charge >= 0.3 is 0 Å². The highest BCUT2D eigenvalue weighted by Crippen LogP contribution is 2.16. The number of nitrogens with zero attached hydrogens (tertiary/aromatic N) is 2. The van der Waals surface area contributed by atoms with E-state index in [0.29, 0.717) is 33.0 Å². The molecule has 0 radical (unpaired) electrons. The third kappa shape index (κ3) is 6.86. The maximum Gasteiger partial charge on any atom is 0.105 e. The van der Waals surface area contributed by atoms with Crippen LogP contribution in [-0.4, -0.2) is 56.7 Å². The molecule has 2 aromatic heterocycles. The summed E-state index contributed by atoms with van der Waals surface area (Å²) in [5.41, 5.74) is 2.61. The van der Waals surface area contributed by atoms with Crippen molar-refractivity contribution in [2.24, 2.45) is 0 Å². The molecule has 0 aromatic carbocycles. The lowest BCUT2D eigenvalue weighted by atomic mass is 10.1. The molecule has 0 saturated carbocycles. The Morgan fingerprint density at radius 2 is 1.64 bits per heavy atom. The molecule has 2 rings (SSSR count). The van der Waals surface area contributed by atoms with Crippen molar-refractivity contribution in [3.05, 3.63) is 47.9 Å². The summed E-state index contributed by atoms with van der Waals surface area (Å²) in [7, 11) is 3.62. The topological polar surface area (TPSA) is 57.5 Å². The van der Waals surface area contributed by atoms with Crippen molar-refractivity contribution >= 4 is 5.82 Å². The maximum atomic E-state index is 5.68. The van der Waals surface area contributed by atoms with Gasteiger partial charge in [0.15, 0.2) is 0 Å². The fourth-order valence-corrected chi connectivity index (χ4v) is 2.65. The van der Waals surface area contributed by atoms with Gasteiger partial charge in [-0.3, -0.25) is 4.98 Å². The standard InChI is InChI=1S/C19H29N3O3/c1-20-19-6-5-18(4-3-17-7-9-21-10-8-17)22(19)11-12-24-15-16-25-14-13-23-2/h5-10,20H,3-4,11-16H2,1-2H3. The van der Waals surface area contributed by atoms with Crippen LogP contribution in [0.2, 0.25) is 0 Å². The Morgan fingerprint density at radius 1 is 0.920 bits per heavy atom. The fourth-order valence-electron chi connectivity index (χ4n) is 2.65. The van der Waals surface area contributed by atoms with E-state index in [1.807, 2.05) is 19.4 Å². The third-order valence-electron chi connectivity index (χ3n) is 4.01. The highest BCUT2D eigenvalue weighted by Gasteiger charge is 2.07. The van der Waals surface area contributed by atoms with E-state index in [9.17, 15) is 0 Å². The molecule has 6 nitrogen and oxygen atoms in total. The monoisotopic (exact) mass is 347 g/mol. The van der Waals surface area contributed by atoms with Gasteiger partial charge in [-0.2, -0.15) is 0 Å². The van der Waals surface area contributed by atoms with Gasteiger partial charge in [0.25, 0.3) is 0 Å². The SMILES string of the molecule is CNc1ccc(CCc2ccncc2)n1CCOCCOCCOC. The number of aryl methyl sites for hydroxylation is 2. The molecule has 0 saturated heterocycles. The maximum absolute atomic E-state index is 5.68. The second-order valence-corrected chi connectivity index (χ2v) is 5.68. The van der Waals surface area contributed by atoms with Crippen molar-refractivity contribution in [3.63, 3.8) is 0 Å². The van der Waals surface area contributed by atoms with Gasteiger partial charge in [-0.25, -0.2) is 0 Å². The van der Waals surface area contributed by atoms with Crippen molar-refractivity contribution in [2.45, 2.75) is 19.4 Å². The molecule has 0 atom stereocenters. The van der Waals surface area contributed by atoms with Gasteiger partial charge in [0.1, 0.15) is 5.82 Å². The second-order valence-electron chi connectivity index (χ2n) is 5.68. The minimum atomic E-state index is 0.600. The lowest BCUT2D eigenvalue weighted by molar-refractivity contribution is 0.0230. The molecular weight excluding hydrogens is 318 g/mol. The Labute approximate surface area is 150 Å². The Bertz CT molecular complexity index is 587. The van der Waals surface area contributed by atoms with E-state index < -0.39 is 0 Å². The Hall–Kier alpha value is -1.89. The fraction of sp³-hybridized carbons (Fsp3) is 0.526. The number of nitrogens with one attached hydrogen (secondary N) is 1. The van der Waals surface area contributed by atoms with Crippen LogP contribution >= 0.6 is 0 Å². The molecule has 1 N–H and O–H groups in total. The zero-order chi connectivity index (χ0) is 17.7. The van der Waals surface area contributed by atoms with Crippen molar-refractivity contribution in [3.8, 4) is 0 Å². The molecule has 6 heteroatoms. The number of hydrogen-bond donors (Lipinski definition) is 1. The first-order valence-corrected chi connectivity index (χ1v) is 8.74. The summed E-state index contributed by atoms with van der Waals surface area (Å²) in [5.74, 6) is 1.12. The number of rotatable bonds is 13. The molecule has 0 aliphatic carbocycles. The molecule has 138 valence electrons. The molecule has 0 amide bonds. The van der Waals surface area contributed by atoms with Gasteiger partial charge in [0, 0.05) is 38.8 Å². The summed E-state index contributed by atoms with van der Waals surface area (Å²) in [6.45, 7) is 3.93. The molecular formula is C19H29N3O3. The lowest BCUT2D eigenvalue weighted by Gasteiger charge is -2.14. The number of pyridine rings is 1. The largest absolute Gasteiger partial charge is 0.382 e. The summed E-state index contributed by atoms with van der Waals surface area (Å²) in [4.78, 5) is 4.07. The van der Waals surface area contributed by atoms with Crippen LogP contribution in [0.5, 0.6) is 0 Å². The predicted octanol–water partition coefficient (Wildman–Crippen LogP) is 2.39. The van der Waals surface area contributed by atoms with Crippen LogP contribution in [0.3, 0.4) is 0 Å². The number of anilines is 1. The van der Waals surface area contributed by atoms with Crippen LogP contribution in [0.25, 0.3) is 0 Å². The van der Waals surface area contributed by atoms with Gasteiger partial charge in [-0.1, -0.05) is 0 Å². The highest BCUT2D eigenvalue weighted by molar-refractivity contribution is 5.39. The highest BCUT2D eigenvalue weighted by atomic mass is 16.5. The molecule has 0 aliphatic rings. The molecule has 25 heavy (non-hydrogen) atoms. The molecule has 0 aliphatic heterocycles. The van der Waals surface area contributed by atoms with E-state index in [0.717, 1.165) is 25.2 Å². The van der Waals surface area contributed by atoms with Crippen molar-refractivity contribution in [1.82, 2.24) is 9.55 Å². The molecule has 2 aromatic rings. The lowest BCUT2D eigenvalue weighted by Crippen LogP contribution is -2.14. The summed E-state index contributed by atoms with van der Waals surface area (Å²) in [5, 5.41) is 3.25. The zero-order valence-electron chi connectivity index (χ0n) is 15.2. The minimum absolute atomic E-state index is 0.600. The number of ether oxygens (including phenoxy) is 3. The van der Waals surface area contributed by atoms with Crippen LogP contribution in [0.15, 0.2) is 36.7 Å². The first-order valence-electron chi connectivity index (χ1n) is 8.74. The van der Waals surface area contributed by atoms with Crippen LogP contribution in [-0.2, 0) is 33.6 Å². The number of methoxy groups -OCH3 is 1.